The minimum Gasteiger partial charge on any atom is -1.00 e. The fourth-order valence-corrected chi connectivity index (χ4v) is 4.23. The summed E-state index contributed by atoms with van der Waals surface area (Å²) in [5, 5.41) is 0. The van der Waals surface area contributed by atoms with Crippen molar-refractivity contribution in [1.82, 2.24) is 0 Å². The molecule has 1 unspecified atom stereocenters. The molecular formula is C15H25Cl2Zr. The first-order valence-electron chi connectivity index (χ1n) is 6.75. The SMILES string of the molecule is CCCCC1=[C]([Zr+2])C(CCCC)C(C)=C1C.[Cl-].[Cl-]. The molecule has 1 aliphatic rings. The number of hydrogen-bond donors (Lipinski definition) is 0. The van der Waals surface area contributed by atoms with Crippen LogP contribution in [-0.4, -0.2) is 0 Å². The molecule has 0 nitrogen and oxygen atoms in total. The van der Waals surface area contributed by atoms with Crippen molar-refractivity contribution in [2.45, 2.75) is 66.2 Å². The Kier molecular flexibility index (Phi) is 12.6. The molecule has 0 aromatic rings. The van der Waals surface area contributed by atoms with Crippen molar-refractivity contribution >= 4 is 0 Å². The van der Waals surface area contributed by atoms with Crippen molar-refractivity contribution in [3.8, 4) is 0 Å². The molecule has 0 N–H and O–H groups in total. The van der Waals surface area contributed by atoms with Crippen LogP contribution in [0.5, 0.6) is 0 Å². The topological polar surface area (TPSA) is 0 Å². The van der Waals surface area contributed by atoms with E-state index in [9.17, 15) is 0 Å². The van der Waals surface area contributed by atoms with Gasteiger partial charge in [-0.05, 0) is 0 Å². The van der Waals surface area contributed by atoms with Crippen molar-refractivity contribution in [2.75, 3.05) is 0 Å². The van der Waals surface area contributed by atoms with Crippen LogP contribution >= 0.6 is 0 Å². The normalized spacial score (nSPS) is 18.9. The zero-order valence-corrected chi connectivity index (χ0v) is 16.0. The zero-order valence-electron chi connectivity index (χ0n) is 12.1. The van der Waals surface area contributed by atoms with Crippen LogP contribution in [0, 0.1) is 5.92 Å². The predicted octanol–water partition coefficient (Wildman–Crippen LogP) is -0.858. The van der Waals surface area contributed by atoms with E-state index < -0.39 is 0 Å². The third kappa shape index (κ3) is 5.14. The number of halogens is 2. The first-order valence-corrected chi connectivity index (χ1v) is 7.98. The van der Waals surface area contributed by atoms with Gasteiger partial charge >= 0.3 is 117 Å². The number of unbranched alkanes of at least 4 members (excludes halogenated alkanes) is 2. The average molecular weight is 367 g/mol. The van der Waals surface area contributed by atoms with Gasteiger partial charge in [-0.25, -0.2) is 0 Å². The van der Waals surface area contributed by atoms with Gasteiger partial charge in [-0.1, -0.05) is 0 Å². The quantitative estimate of drug-likeness (QED) is 0.573. The number of hydrogen-bond acceptors (Lipinski definition) is 0. The summed E-state index contributed by atoms with van der Waals surface area (Å²) >= 11 is 1.65. The van der Waals surface area contributed by atoms with Crippen molar-refractivity contribution in [3.05, 3.63) is 20.0 Å². The van der Waals surface area contributed by atoms with Crippen molar-refractivity contribution in [1.29, 1.82) is 0 Å². The number of allylic oxidation sites excluding steroid dienone is 4. The molecule has 1 rings (SSSR count). The van der Waals surface area contributed by atoms with Gasteiger partial charge in [0.15, 0.2) is 0 Å². The van der Waals surface area contributed by atoms with E-state index >= 15 is 0 Å². The summed E-state index contributed by atoms with van der Waals surface area (Å²) in [5.74, 6) is 0.810. The molecule has 1 aliphatic carbocycles. The molecule has 0 amide bonds. The molecule has 0 heterocycles. The maximum Gasteiger partial charge on any atom is -1.00 e. The zero-order chi connectivity index (χ0) is 12.1. The van der Waals surface area contributed by atoms with E-state index in [1.165, 1.54) is 38.5 Å². The molecule has 0 aliphatic heterocycles. The van der Waals surface area contributed by atoms with E-state index in [1.807, 2.05) is 0 Å². The number of rotatable bonds is 6. The largest absolute Gasteiger partial charge is 1.00 e. The van der Waals surface area contributed by atoms with E-state index in [-0.39, 0.29) is 24.8 Å². The Morgan fingerprint density at radius 2 is 1.56 bits per heavy atom. The molecule has 0 aromatic heterocycles. The molecule has 0 aromatic carbocycles. The smallest absolute Gasteiger partial charge is 1.00 e. The summed E-state index contributed by atoms with van der Waals surface area (Å²) < 4.78 is 1.77. The van der Waals surface area contributed by atoms with Crippen LogP contribution in [0.25, 0.3) is 0 Å². The maximum absolute atomic E-state index is 2.36. The Bertz CT molecular complexity index is 306. The maximum atomic E-state index is 2.36. The Balaban J connectivity index is 0. The standard InChI is InChI=1S/C15H25.2ClH.Zr/c1-5-7-9-14-11-15(10-8-6-2)13(4)12(14)3;;;/h14H,5-10H2,1-4H3;2*1H;/q;;;+2/p-2. The first-order chi connectivity index (χ1) is 7.63. The minimum absolute atomic E-state index is 0. The second-order valence-electron chi connectivity index (χ2n) is 5.00. The first kappa shape index (κ1) is 21.2. The molecular weight excluding hydrogens is 342 g/mol. The van der Waals surface area contributed by atoms with Crippen LogP contribution in [0.1, 0.15) is 66.2 Å². The minimum atomic E-state index is 0. The third-order valence-corrected chi connectivity index (χ3v) is 5.47. The van der Waals surface area contributed by atoms with Crippen LogP contribution in [-0.2, 0) is 24.7 Å². The monoisotopic (exact) mass is 365 g/mol. The fourth-order valence-electron chi connectivity index (χ4n) is 2.57. The Morgan fingerprint density at radius 3 is 2.06 bits per heavy atom. The Labute approximate surface area is 141 Å². The van der Waals surface area contributed by atoms with Gasteiger partial charge in [-0.3, -0.25) is 0 Å². The molecule has 3 heteroatoms. The van der Waals surface area contributed by atoms with Crippen molar-refractivity contribution in [3.63, 3.8) is 0 Å². The van der Waals surface area contributed by atoms with E-state index in [0.29, 0.717) is 0 Å². The van der Waals surface area contributed by atoms with Gasteiger partial charge < -0.3 is 24.8 Å². The molecule has 0 saturated heterocycles. The second-order valence-corrected chi connectivity index (χ2v) is 6.32. The molecule has 103 valence electrons. The van der Waals surface area contributed by atoms with E-state index in [0.717, 1.165) is 5.92 Å². The summed E-state index contributed by atoms with van der Waals surface area (Å²) in [4.78, 5) is 0. The van der Waals surface area contributed by atoms with Crippen molar-refractivity contribution < 1.29 is 49.5 Å². The van der Waals surface area contributed by atoms with Crippen LogP contribution in [0.2, 0.25) is 0 Å². The molecule has 1 atom stereocenters. The second kappa shape index (κ2) is 10.7. The van der Waals surface area contributed by atoms with Crippen LogP contribution in [0.15, 0.2) is 20.0 Å². The fraction of sp³-hybridized carbons (Fsp3) is 0.733. The van der Waals surface area contributed by atoms with Gasteiger partial charge in [-0.15, -0.1) is 0 Å². The molecule has 0 bridgehead atoms. The summed E-state index contributed by atoms with van der Waals surface area (Å²) in [6, 6.07) is 0. The Hall–Kier alpha value is 0.943. The summed E-state index contributed by atoms with van der Waals surface area (Å²) in [6.45, 7) is 9.29. The van der Waals surface area contributed by atoms with Crippen molar-refractivity contribution in [2.24, 2.45) is 5.92 Å². The van der Waals surface area contributed by atoms with E-state index in [2.05, 4.69) is 27.7 Å². The van der Waals surface area contributed by atoms with Gasteiger partial charge in [0.1, 0.15) is 0 Å². The molecule has 0 spiro atoms. The predicted molar refractivity (Wildman–Crippen MR) is 67.9 cm³/mol. The van der Waals surface area contributed by atoms with Crippen LogP contribution < -0.4 is 24.8 Å². The average Bonchev–Trinajstić information content (AvgIpc) is 2.47. The summed E-state index contributed by atoms with van der Waals surface area (Å²) in [7, 11) is 0. The van der Waals surface area contributed by atoms with E-state index in [1.54, 1.807) is 44.7 Å². The van der Waals surface area contributed by atoms with E-state index in [4.69, 9.17) is 0 Å². The van der Waals surface area contributed by atoms with Crippen LogP contribution in [0.3, 0.4) is 0 Å². The molecule has 0 saturated carbocycles. The molecule has 0 radical (unpaired) electrons. The summed E-state index contributed by atoms with van der Waals surface area (Å²) in [6.07, 6.45) is 8.10. The van der Waals surface area contributed by atoms with Crippen LogP contribution in [0.4, 0.5) is 0 Å². The van der Waals surface area contributed by atoms with Gasteiger partial charge in [0.25, 0.3) is 0 Å². The van der Waals surface area contributed by atoms with Gasteiger partial charge in [-0.2, -0.15) is 0 Å². The Morgan fingerprint density at radius 1 is 1.00 bits per heavy atom. The van der Waals surface area contributed by atoms with Gasteiger partial charge in [0.2, 0.25) is 0 Å². The third-order valence-electron chi connectivity index (χ3n) is 3.87. The summed E-state index contributed by atoms with van der Waals surface area (Å²) in [5.41, 5.74) is 5.02. The van der Waals surface area contributed by atoms with Gasteiger partial charge in [0.05, 0.1) is 0 Å². The molecule has 0 fully saturated rings. The van der Waals surface area contributed by atoms with Gasteiger partial charge in [0, 0.05) is 0 Å². The molecule has 18 heavy (non-hydrogen) atoms.